The van der Waals surface area contributed by atoms with Gasteiger partial charge in [0.2, 0.25) is 0 Å². The van der Waals surface area contributed by atoms with Crippen molar-refractivity contribution in [2.45, 2.75) is 13.0 Å². The first kappa shape index (κ1) is 18.2. The molecule has 0 saturated carbocycles. The van der Waals surface area contributed by atoms with Crippen molar-refractivity contribution in [2.24, 2.45) is 0 Å². The van der Waals surface area contributed by atoms with Crippen LogP contribution in [-0.4, -0.2) is 12.5 Å². The number of ether oxygens (including phenoxy) is 1. The van der Waals surface area contributed by atoms with E-state index in [9.17, 15) is 4.79 Å². The molecule has 4 heteroatoms. The molecule has 0 aromatic heterocycles. The molecule has 1 amide bonds. The first-order chi connectivity index (χ1) is 13.2. The molecule has 1 atom stereocenters. The molecule has 134 valence electrons. The predicted octanol–water partition coefficient (Wildman–Crippen LogP) is 4.48. The van der Waals surface area contributed by atoms with Gasteiger partial charge < -0.3 is 10.1 Å². The highest BCUT2D eigenvalue weighted by Gasteiger charge is 2.18. The molecule has 0 radical (unpaired) electrons. The van der Waals surface area contributed by atoms with E-state index < -0.39 is 0 Å². The van der Waals surface area contributed by atoms with Gasteiger partial charge in [0.1, 0.15) is 5.75 Å². The van der Waals surface area contributed by atoms with Crippen LogP contribution in [0, 0.1) is 11.3 Å². The summed E-state index contributed by atoms with van der Waals surface area (Å²) in [4.78, 5) is 12.8. The maximum atomic E-state index is 12.8. The average Bonchev–Trinajstić information content (AvgIpc) is 2.73. The Bertz CT molecular complexity index is 927. The molecule has 4 nitrogen and oxygen atoms in total. The number of nitriles is 1. The molecule has 27 heavy (non-hydrogen) atoms. The number of hydrogen-bond acceptors (Lipinski definition) is 3. The van der Waals surface area contributed by atoms with E-state index in [0.29, 0.717) is 17.7 Å². The van der Waals surface area contributed by atoms with Crippen molar-refractivity contribution in [3.8, 4) is 11.8 Å². The van der Waals surface area contributed by atoms with Gasteiger partial charge in [0.25, 0.3) is 5.91 Å². The fourth-order valence-corrected chi connectivity index (χ4v) is 2.84. The maximum Gasteiger partial charge on any atom is 0.252 e. The van der Waals surface area contributed by atoms with Crippen LogP contribution in [0.25, 0.3) is 0 Å². The summed E-state index contributed by atoms with van der Waals surface area (Å²) >= 11 is 0. The molecule has 0 saturated heterocycles. The summed E-state index contributed by atoms with van der Waals surface area (Å²) in [6, 6.07) is 25.9. The van der Waals surface area contributed by atoms with Crippen LogP contribution in [0.4, 0.5) is 0 Å². The van der Waals surface area contributed by atoms with Crippen LogP contribution in [0.3, 0.4) is 0 Å². The van der Waals surface area contributed by atoms with Gasteiger partial charge >= 0.3 is 0 Å². The van der Waals surface area contributed by atoms with Crippen molar-refractivity contribution < 1.29 is 9.53 Å². The minimum absolute atomic E-state index is 0.192. The smallest absolute Gasteiger partial charge is 0.252 e. The Morgan fingerprint density at radius 3 is 2.19 bits per heavy atom. The topological polar surface area (TPSA) is 62.1 Å². The third kappa shape index (κ3) is 4.53. The zero-order valence-corrected chi connectivity index (χ0v) is 15.1. The summed E-state index contributed by atoms with van der Waals surface area (Å²) in [7, 11) is 0. The molecule has 0 bridgehead atoms. The molecular formula is C23H20N2O2. The van der Waals surface area contributed by atoms with E-state index in [-0.39, 0.29) is 11.9 Å². The summed E-state index contributed by atoms with van der Waals surface area (Å²) in [5.74, 6) is 0.605. The summed E-state index contributed by atoms with van der Waals surface area (Å²) in [5, 5.41) is 12.0. The Morgan fingerprint density at radius 1 is 0.963 bits per heavy atom. The molecule has 0 aliphatic rings. The second kappa shape index (κ2) is 8.68. The quantitative estimate of drug-likeness (QED) is 0.708. The molecule has 0 aliphatic heterocycles. The Hall–Kier alpha value is -3.58. The average molecular weight is 356 g/mol. The SMILES string of the molecule is CCOc1ccc(C(NC(=O)c2ccc(C#N)cc2)c2ccccc2)cc1. The summed E-state index contributed by atoms with van der Waals surface area (Å²) in [6.45, 7) is 2.55. The molecule has 3 aromatic carbocycles. The second-order valence-electron chi connectivity index (χ2n) is 6.01. The van der Waals surface area contributed by atoms with E-state index in [1.807, 2.05) is 61.5 Å². The van der Waals surface area contributed by atoms with Gasteiger partial charge in [0.15, 0.2) is 0 Å². The van der Waals surface area contributed by atoms with E-state index in [4.69, 9.17) is 10.00 Å². The van der Waals surface area contributed by atoms with E-state index >= 15 is 0 Å². The van der Waals surface area contributed by atoms with Crippen molar-refractivity contribution in [1.29, 1.82) is 5.26 Å². The number of rotatable bonds is 6. The standard InChI is InChI=1S/C23H20N2O2/c1-2-27-21-14-12-19(13-15-21)22(18-6-4-3-5-7-18)25-23(26)20-10-8-17(16-24)9-11-20/h3-15,22H,2H2,1H3,(H,25,26). The van der Waals surface area contributed by atoms with Gasteiger partial charge in [-0.1, -0.05) is 42.5 Å². The van der Waals surface area contributed by atoms with Gasteiger partial charge in [-0.2, -0.15) is 5.26 Å². The van der Waals surface area contributed by atoms with Crippen LogP contribution in [0.5, 0.6) is 5.75 Å². The van der Waals surface area contributed by atoms with Crippen molar-refractivity contribution >= 4 is 5.91 Å². The number of benzene rings is 3. The van der Waals surface area contributed by atoms with Crippen LogP contribution in [0.1, 0.15) is 40.0 Å². The lowest BCUT2D eigenvalue weighted by Gasteiger charge is -2.20. The zero-order chi connectivity index (χ0) is 19.1. The molecule has 0 spiro atoms. The summed E-state index contributed by atoms with van der Waals surface area (Å²) in [6.07, 6.45) is 0. The van der Waals surface area contributed by atoms with E-state index in [1.165, 1.54) is 0 Å². The monoisotopic (exact) mass is 356 g/mol. The van der Waals surface area contributed by atoms with Crippen LogP contribution in [0.15, 0.2) is 78.9 Å². The highest BCUT2D eigenvalue weighted by molar-refractivity contribution is 5.94. The Balaban J connectivity index is 1.88. The second-order valence-corrected chi connectivity index (χ2v) is 6.01. The summed E-state index contributed by atoms with van der Waals surface area (Å²) in [5.41, 5.74) is 2.99. The third-order valence-corrected chi connectivity index (χ3v) is 4.21. The van der Waals surface area contributed by atoms with Gasteiger partial charge in [-0.25, -0.2) is 0 Å². The maximum absolute atomic E-state index is 12.8. The van der Waals surface area contributed by atoms with Gasteiger partial charge in [-0.3, -0.25) is 4.79 Å². The van der Waals surface area contributed by atoms with E-state index in [2.05, 4.69) is 11.4 Å². The van der Waals surface area contributed by atoms with E-state index in [0.717, 1.165) is 16.9 Å². The Kier molecular flexibility index (Phi) is 5.86. The van der Waals surface area contributed by atoms with Crippen molar-refractivity contribution in [1.82, 2.24) is 5.32 Å². The van der Waals surface area contributed by atoms with Crippen LogP contribution < -0.4 is 10.1 Å². The number of nitrogens with one attached hydrogen (secondary N) is 1. The molecule has 3 rings (SSSR count). The molecule has 1 unspecified atom stereocenters. The molecule has 1 N–H and O–H groups in total. The lowest BCUT2D eigenvalue weighted by atomic mass is 9.98. The number of carbonyl (C=O) groups excluding carboxylic acids is 1. The normalized spacial score (nSPS) is 11.3. The van der Waals surface area contributed by atoms with Crippen LogP contribution >= 0.6 is 0 Å². The largest absolute Gasteiger partial charge is 0.494 e. The molecule has 0 aliphatic carbocycles. The number of hydrogen-bond donors (Lipinski definition) is 1. The van der Waals surface area contributed by atoms with E-state index in [1.54, 1.807) is 24.3 Å². The fraction of sp³-hybridized carbons (Fsp3) is 0.130. The van der Waals surface area contributed by atoms with Crippen LogP contribution in [0.2, 0.25) is 0 Å². The van der Waals surface area contributed by atoms with Gasteiger partial charge in [0.05, 0.1) is 24.3 Å². The zero-order valence-electron chi connectivity index (χ0n) is 15.1. The predicted molar refractivity (Wildman–Crippen MR) is 105 cm³/mol. The summed E-state index contributed by atoms with van der Waals surface area (Å²) < 4.78 is 5.50. The van der Waals surface area contributed by atoms with Gasteiger partial charge in [0, 0.05) is 5.56 Å². The number of carbonyl (C=O) groups is 1. The number of amides is 1. The fourth-order valence-electron chi connectivity index (χ4n) is 2.84. The highest BCUT2D eigenvalue weighted by atomic mass is 16.5. The minimum atomic E-state index is -0.287. The van der Waals surface area contributed by atoms with Gasteiger partial charge in [-0.05, 0) is 54.4 Å². The first-order valence-corrected chi connectivity index (χ1v) is 8.80. The molecule has 0 heterocycles. The highest BCUT2D eigenvalue weighted by Crippen LogP contribution is 2.24. The van der Waals surface area contributed by atoms with Crippen molar-refractivity contribution in [3.63, 3.8) is 0 Å². The minimum Gasteiger partial charge on any atom is -0.494 e. The lowest BCUT2D eigenvalue weighted by Crippen LogP contribution is -2.29. The third-order valence-electron chi connectivity index (χ3n) is 4.21. The molecule has 3 aromatic rings. The Morgan fingerprint density at radius 2 is 1.59 bits per heavy atom. The molecule has 0 fully saturated rings. The van der Waals surface area contributed by atoms with Crippen LogP contribution in [-0.2, 0) is 0 Å². The Labute approximate surface area is 159 Å². The van der Waals surface area contributed by atoms with Crippen molar-refractivity contribution in [2.75, 3.05) is 6.61 Å². The lowest BCUT2D eigenvalue weighted by molar-refractivity contribution is 0.0943. The molecular weight excluding hydrogens is 336 g/mol. The van der Waals surface area contributed by atoms with Gasteiger partial charge in [-0.15, -0.1) is 0 Å². The number of nitrogens with zero attached hydrogens (tertiary/aromatic N) is 1. The first-order valence-electron chi connectivity index (χ1n) is 8.80. The van der Waals surface area contributed by atoms with Crippen molar-refractivity contribution in [3.05, 3.63) is 101 Å².